The lowest BCUT2D eigenvalue weighted by atomic mass is 9.92. The van der Waals surface area contributed by atoms with Gasteiger partial charge in [0, 0.05) is 11.1 Å². The smallest absolute Gasteiger partial charge is 0.232 e. The number of carbonyl (C=O) groups excluding carboxylic acids is 2. The number of hydrogen-bond donors (Lipinski definition) is 5. The molecule has 0 saturated carbocycles. The highest BCUT2D eigenvalue weighted by Crippen LogP contribution is 2.30. The van der Waals surface area contributed by atoms with Gasteiger partial charge in [0.2, 0.25) is 29.4 Å². The number of aliphatic hydroxyl groups excluding tert-OH is 5. The Hall–Kier alpha value is -2.30. The minimum Gasteiger partial charge on any atom is -0.501 e. The fourth-order valence-electron chi connectivity index (χ4n) is 2.73. The number of rotatable bonds is 3. The van der Waals surface area contributed by atoms with Crippen molar-refractivity contribution in [2.45, 2.75) is 30.7 Å². The summed E-state index contributed by atoms with van der Waals surface area (Å²) in [6.45, 7) is -0.689. The van der Waals surface area contributed by atoms with E-state index in [4.69, 9.17) is 14.6 Å². The summed E-state index contributed by atoms with van der Waals surface area (Å²) in [5, 5.41) is 48.6. The Labute approximate surface area is 141 Å². The van der Waals surface area contributed by atoms with E-state index in [1.165, 1.54) is 24.3 Å². The van der Waals surface area contributed by atoms with Crippen molar-refractivity contribution >= 4 is 11.6 Å². The van der Waals surface area contributed by atoms with Crippen LogP contribution in [0.2, 0.25) is 0 Å². The molecule has 3 rings (SSSR count). The number of carbonyl (C=O) groups is 2. The molecule has 0 spiro atoms. The van der Waals surface area contributed by atoms with Crippen molar-refractivity contribution < 1.29 is 44.6 Å². The van der Waals surface area contributed by atoms with Crippen LogP contribution in [0.1, 0.15) is 20.7 Å². The van der Waals surface area contributed by atoms with E-state index in [0.717, 1.165) is 0 Å². The standard InChI is InChI=1S/C16H16O9/c17-5-8-11(20)12(21)14(23)16(24-8)25-15-10(19)7-4-2-1-3-6(7)9(18)13(15)22/h1-4,8,11-12,14,16-17,20-23H,5H2/t8-,11-,12+,14-,16-/m0/s1. The van der Waals surface area contributed by atoms with Crippen molar-refractivity contribution in [1.82, 2.24) is 0 Å². The van der Waals surface area contributed by atoms with Crippen LogP contribution in [0.15, 0.2) is 35.8 Å². The number of hydrogen-bond acceptors (Lipinski definition) is 9. The molecule has 0 radical (unpaired) electrons. The number of benzene rings is 1. The number of allylic oxidation sites excluding steroid dienone is 2. The van der Waals surface area contributed by atoms with E-state index in [-0.39, 0.29) is 11.1 Å². The number of aliphatic hydroxyl groups is 5. The monoisotopic (exact) mass is 352 g/mol. The van der Waals surface area contributed by atoms with Gasteiger partial charge >= 0.3 is 0 Å². The first-order valence-corrected chi connectivity index (χ1v) is 7.45. The van der Waals surface area contributed by atoms with Gasteiger partial charge < -0.3 is 35.0 Å². The first-order chi connectivity index (χ1) is 11.9. The van der Waals surface area contributed by atoms with Crippen LogP contribution >= 0.6 is 0 Å². The lowest BCUT2D eigenvalue weighted by Crippen LogP contribution is -2.59. The second-order valence-electron chi connectivity index (χ2n) is 5.70. The van der Waals surface area contributed by atoms with Gasteiger partial charge in [0.1, 0.15) is 24.4 Å². The average Bonchev–Trinajstić information content (AvgIpc) is 2.63. The summed E-state index contributed by atoms with van der Waals surface area (Å²) in [5.41, 5.74) is 0.0102. The third-order valence-electron chi connectivity index (χ3n) is 4.14. The predicted octanol–water partition coefficient (Wildman–Crippen LogP) is -1.35. The Balaban J connectivity index is 1.91. The minimum atomic E-state index is -1.78. The van der Waals surface area contributed by atoms with E-state index in [0.29, 0.717) is 0 Å². The Morgan fingerprint density at radius 1 is 0.960 bits per heavy atom. The number of Topliss-reactive ketones (excluding diaryl/α,β-unsaturated/α-hetero) is 2. The molecule has 1 saturated heterocycles. The zero-order valence-corrected chi connectivity index (χ0v) is 12.8. The van der Waals surface area contributed by atoms with Gasteiger partial charge in [-0.05, 0) is 0 Å². The molecule has 2 aliphatic rings. The summed E-state index contributed by atoms with van der Waals surface area (Å²) < 4.78 is 10.3. The second kappa shape index (κ2) is 6.54. The van der Waals surface area contributed by atoms with E-state index in [1.807, 2.05) is 0 Å². The van der Waals surface area contributed by atoms with Crippen LogP contribution in [0.25, 0.3) is 0 Å². The molecular formula is C16H16O9. The van der Waals surface area contributed by atoms with Crippen LogP contribution in [0.5, 0.6) is 0 Å². The van der Waals surface area contributed by atoms with Gasteiger partial charge in [-0.2, -0.15) is 0 Å². The topological polar surface area (TPSA) is 154 Å². The van der Waals surface area contributed by atoms with Crippen LogP contribution in [0.4, 0.5) is 0 Å². The summed E-state index contributed by atoms with van der Waals surface area (Å²) in [6, 6.07) is 5.80. The highest BCUT2D eigenvalue weighted by molar-refractivity contribution is 6.25. The van der Waals surface area contributed by atoms with Crippen molar-refractivity contribution in [1.29, 1.82) is 0 Å². The van der Waals surface area contributed by atoms with Crippen LogP contribution in [-0.2, 0) is 9.47 Å². The molecule has 0 unspecified atom stereocenters. The molecule has 1 aromatic rings. The quantitative estimate of drug-likeness (QED) is 0.444. The van der Waals surface area contributed by atoms with Crippen molar-refractivity contribution in [2.24, 2.45) is 0 Å². The fraction of sp³-hybridized carbons (Fsp3) is 0.375. The molecule has 1 fully saturated rings. The van der Waals surface area contributed by atoms with Crippen LogP contribution < -0.4 is 0 Å². The molecule has 134 valence electrons. The van der Waals surface area contributed by atoms with Gasteiger partial charge in [0.25, 0.3) is 0 Å². The molecule has 0 amide bonds. The van der Waals surface area contributed by atoms with Gasteiger partial charge in [-0.15, -0.1) is 0 Å². The van der Waals surface area contributed by atoms with Crippen molar-refractivity contribution in [3.8, 4) is 0 Å². The normalized spacial score (nSPS) is 32.6. The maximum Gasteiger partial charge on any atom is 0.232 e. The Morgan fingerprint density at radius 2 is 1.56 bits per heavy atom. The van der Waals surface area contributed by atoms with Crippen molar-refractivity contribution in [3.63, 3.8) is 0 Å². The zero-order valence-electron chi connectivity index (χ0n) is 12.8. The van der Waals surface area contributed by atoms with Gasteiger partial charge in [-0.1, -0.05) is 24.3 Å². The van der Waals surface area contributed by atoms with Crippen molar-refractivity contribution in [3.05, 3.63) is 46.9 Å². The molecule has 5 N–H and O–H groups in total. The average molecular weight is 352 g/mol. The maximum absolute atomic E-state index is 12.5. The lowest BCUT2D eigenvalue weighted by Gasteiger charge is -2.39. The summed E-state index contributed by atoms with van der Waals surface area (Å²) in [5.74, 6) is -3.34. The highest BCUT2D eigenvalue weighted by atomic mass is 16.7. The molecule has 1 aromatic carbocycles. The second-order valence-corrected chi connectivity index (χ2v) is 5.70. The van der Waals surface area contributed by atoms with Gasteiger partial charge in [-0.25, -0.2) is 0 Å². The molecule has 25 heavy (non-hydrogen) atoms. The Bertz CT molecular complexity index is 739. The van der Waals surface area contributed by atoms with E-state index in [2.05, 4.69) is 0 Å². The first kappa shape index (κ1) is 17.5. The van der Waals surface area contributed by atoms with Crippen LogP contribution in [0, 0.1) is 0 Å². The summed E-state index contributed by atoms with van der Waals surface area (Å²) in [6.07, 6.45) is -8.05. The molecule has 0 bridgehead atoms. The van der Waals surface area contributed by atoms with E-state index >= 15 is 0 Å². The SMILES string of the molecule is O=C1C(O)=C(O[C@@H]2O[C@@H](CO)[C@H](O)[C@@H](O)[C@@H]2O)C(=O)c2ccccc21. The molecular weight excluding hydrogens is 336 g/mol. The minimum absolute atomic E-state index is 0.00453. The Kier molecular flexibility index (Phi) is 4.58. The predicted molar refractivity (Wildman–Crippen MR) is 79.6 cm³/mol. The van der Waals surface area contributed by atoms with Crippen LogP contribution in [0.3, 0.4) is 0 Å². The number of fused-ring (bicyclic) bond motifs is 1. The largest absolute Gasteiger partial charge is 0.501 e. The number of ether oxygens (including phenoxy) is 2. The van der Waals surface area contributed by atoms with E-state index < -0.39 is 60.4 Å². The van der Waals surface area contributed by atoms with E-state index in [9.17, 15) is 30.0 Å². The molecule has 0 aromatic heterocycles. The van der Waals surface area contributed by atoms with Crippen LogP contribution in [-0.4, -0.2) is 74.4 Å². The summed E-state index contributed by atoms with van der Waals surface area (Å²) in [4.78, 5) is 24.6. The fourth-order valence-corrected chi connectivity index (χ4v) is 2.73. The summed E-state index contributed by atoms with van der Waals surface area (Å²) in [7, 11) is 0. The molecule has 1 aliphatic heterocycles. The molecule has 5 atom stereocenters. The van der Waals surface area contributed by atoms with Gasteiger partial charge in [0.15, 0.2) is 0 Å². The molecule has 1 aliphatic carbocycles. The zero-order chi connectivity index (χ0) is 18.3. The number of ketones is 2. The Morgan fingerprint density at radius 3 is 2.16 bits per heavy atom. The van der Waals surface area contributed by atoms with Crippen molar-refractivity contribution in [2.75, 3.05) is 6.61 Å². The van der Waals surface area contributed by atoms with Gasteiger partial charge in [-0.3, -0.25) is 9.59 Å². The first-order valence-electron chi connectivity index (χ1n) is 7.45. The lowest BCUT2D eigenvalue weighted by molar-refractivity contribution is -0.290. The molecule has 9 heteroatoms. The molecule has 9 nitrogen and oxygen atoms in total. The third-order valence-corrected chi connectivity index (χ3v) is 4.14. The summed E-state index contributed by atoms with van der Waals surface area (Å²) >= 11 is 0. The maximum atomic E-state index is 12.5. The van der Waals surface area contributed by atoms with E-state index in [1.54, 1.807) is 0 Å². The molecule has 1 heterocycles. The van der Waals surface area contributed by atoms with Gasteiger partial charge in [0.05, 0.1) is 6.61 Å². The third kappa shape index (κ3) is 2.81. The highest BCUT2D eigenvalue weighted by Gasteiger charge is 2.46.